The first-order valence-electron chi connectivity index (χ1n) is 4.62. The second kappa shape index (κ2) is 5.43. The maximum Gasteiger partial charge on any atom is 0.407 e. The summed E-state index contributed by atoms with van der Waals surface area (Å²) in [4.78, 5) is 14.1. The molecular formula is C8H16N2O3S. The van der Waals surface area contributed by atoms with Gasteiger partial charge in [-0.1, -0.05) is 0 Å². The number of amides is 1. The molecule has 6 heteroatoms. The molecule has 0 aromatic heterocycles. The number of rotatable bonds is 3. The van der Waals surface area contributed by atoms with Crippen molar-refractivity contribution in [1.82, 2.24) is 9.80 Å². The van der Waals surface area contributed by atoms with E-state index in [-0.39, 0.29) is 11.9 Å². The van der Waals surface area contributed by atoms with Gasteiger partial charge in [0, 0.05) is 38.0 Å². The van der Waals surface area contributed by atoms with Crippen LogP contribution in [0.25, 0.3) is 0 Å². The molecule has 0 saturated carbocycles. The average molecular weight is 220 g/mol. The Bertz CT molecular complexity index is 195. The monoisotopic (exact) mass is 220 g/mol. The summed E-state index contributed by atoms with van der Waals surface area (Å²) in [5.74, 6) is 0. The highest BCUT2D eigenvalue weighted by molar-refractivity contribution is 7.81. The molecule has 1 aliphatic heterocycles. The van der Waals surface area contributed by atoms with Crippen molar-refractivity contribution in [2.24, 2.45) is 0 Å². The number of thiol groups is 1. The van der Waals surface area contributed by atoms with Crippen LogP contribution >= 0.6 is 12.6 Å². The minimum absolute atomic E-state index is 0.0358. The predicted molar refractivity (Wildman–Crippen MR) is 55.9 cm³/mol. The standard InChI is InChI=1S/C8H16N2O3S/c11-6-7(14)5-9-1-3-10(4-2-9)8(12)13/h7,11,14H,1-6H2,(H,12,13)/t7-/m0/s1. The zero-order valence-electron chi connectivity index (χ0n) is 7.96. The summed E-state index contributed by atoms with van der Waals surface area (Å²) in [6, 6.07) is 0. The number of piperazine rings is 1. The summed E-state index contributed by atoms with van der Waals surface area (Å²) in [5, 5.41) is 17.5. The molecule has 14 heavy (non-hydrogen) atoms. The number of aliphatic hydroxyl groups excluding tert-OH is 1. The van der Waals surface area contributed by atoms with Crippen molar-refractivity contribution < 1.29 is 15.0 Å². The quantitative estimate of drug-likeness (QED) is 0.565. The molecule has 1 atom stereocenters. The number of aliphatic hydroxyl groups is 1. The Balaban J connectivity index is 2.25. The zero-order valence-corrected chi connectivity index (χ0v) is 8.86. The van der Waals surface area contributed by atoms with Gasteiger partial charge in [0.05, 0.1) is 6.61 Å². The van der Waals surface area contributed by atoms with Gasteiger partial charge in [-0.15, -0.1) is 0 Å². The van der Waals surface area contributed by atoms with Crippen LogP contribution in [0.2, 0.25) is 0 Å². The van der Waals surface area contributed by atoms with Gasteiger partial charge in [-0.2, -0.15) is 12.6 Å². The number of nitrogens with zero attached hydrogens (tertiary/aromatic N) is 2. The number of hydrogen-bond donors (Lipinski definition) is 3. The molecule has 0 aromatic rings. The molecule has 1 heterocycles. The summed E-state index contributed by atoms with van der Waals surface area (Å²) in [5.41, 5.74) is 0. The van der Waals surface area contributed by atoms with Gasteiger partial charge in [-0.3, -0.25) is 4.90 Å². The van der Waals surface area contributed by atoms with Crippen molar-refractivity contribution in [2.45, 2.75) is 5.25 Å². The Labute approximate surface area is 88.7 Å². The van der Waals surface area contributed by atoms with E-state index in [1.807, 2.05) is 0 Å². The average Bonchev–Trinajstić information content (AvgIpc) is 2.18. The van der Waals surface area contributed by atoms with Crippen molar-refractivity contribution in [2.75, 3.05) is 39.3 Å². The lowest BCUT2D eigenvalue weighted by Gasteiger charge is -2.33. The van der Waals surface area contributed by atoms with Crippen LogP contribution < -0.4 is 0 Å². The van der Waals surface area contributed by atoms with E-state index in [1.165, 1.54) is 4.90 Å². The lowest BCUT2D eigenvalue weighted by molar-refractivity contribution is 0.103. The van der Waals surface area contributed by atoms with Crippen LogP contribution in [0.4, 0.5) is 4.79 Å². The van der Waals surface area contributed by atoms with Crippen LogP contribution in [-0.2, 0) is 0 Å². The molecule has 82 valence electrons. The fraction of sp³-hybridized carbons (Fsp3) is 0.875. The van der Waals surface area contributed by atoms with Crippen LogP contribution in [-0.4, -0.2) is 70.7 Å². The molecule has 1 rings (SSSR count). The van der Waals surface area contributed by atoms with Crippen LogP contribution in [0.1, 0.15) is 0 Å². The van der Waals surface area contributed by atoms with E-state index in [0.29, 0.717) is 19.6 Å². The van der Waals surface area contributed by atoms with Gasteiger partial charge >= 0.3 is 6.09 Å². The van der Waals surface area contributed by atoms with Gasteiger partial charge in [0.25, 0.3) is 0 Å². The van der Waals surface area contributed by atoms with Crippen LogP contribution in [0.5, 0.6) is 0 Å². The van der Waals surface area contributed by atoms with E-state index in [4.69, 9.17) is 10.2 Å². The lowest BCUT2D eigenvalue weighted by atomic mass is 10.3. The third-order valence-corrected chi connectivity index (χ3v) is 2.65. The van der Waals surface area contributed by atoms with Crippen molar-refractivity contribution in [1.29, 1.82) is 0 Å². The molecule has 0 radical (unpaired) electrons. The van der Waals surface area contributed by atoms with E-state index in [1.54, 1.807) is 0 Å². The number of carboxylic acid groups (broad SMARTS) is 1. The van der Waals surface area contributed by atoms with Crippen molar-refractivity contribution in [3.63, 3.8) is 0 Å². The Morgan fingerprint density at radius 1 is 1.36 bits per heavy atom. The highest BCUT2D eigenvalue weighted by Gasteiger charge is 2.21. The number of carbonyl (C=O) groups is 1. The van der Waals surface area contributed by atoms with Gasteiger partial charge < -0.3 is 15.1 Å². The molecule has 0 aliphatic carbocycles. The van der Waals surface area contributed by atoms with Crippen molar-refractivity contribution >= 4 is 18.7 Å². The third-order valence-electron chi connectivity index (χ3n) is 2.32. The number of hydrogen-bond acceptors (Lipinski definition) is 4. The minimum atomic E-state index is -0.853. The second-order valence-electron chi connectivity index (χ2n) is 3.41. The fourth-order valence-corrected chi connectivity index (χ4v) is 1.71. The predicted octanol–water partition coefficient (Wildman–Crippen LogP) is -0.427. The largest absolute Gasteiger partial charge is 0.465 e. The first kappa shape index (κ1) is 11.6. The van der Waals surface area contributed by atoms with Crippen LogP contribution in [0, 0.1) is 0 Å². The molecule has 5 nitrogen and oxygen atoms in total. The molecule has 1 aliphatic rings. The van der Waals surface area contributed by atoms with Gasteiger partial charge in [0.15, 0.2) is 0 Å². The van der Waals surface area contributed by atoms with Gasteiger partial charge in [0.1, 0.15) is 0 Å². The molecule has 0 bridgehead atoms. The SMILES string of the molecule is O=C(O)N1CCN(C[C@H](S)CO)CC1. The molecule has 2 N–H and O–H groups in total. The van der Waals surface area contributed by atoms with Crippen LogP contribution in [0.3, 0.4) is 0 Å². The first-order chi connectivity index (χ1) is 6.63. The van der Waals surface area contributed by atoms with Crippen molar-refractivity contribution in [3.8, 4) is 0 Å². The smallest absolute Gasteiger partial charge is 0.407 e. The van der Waals surface area contributed by atoms with E-state index >= 15 is 0 Å². The highest BCUT2D eigenvalue weighted by atomic mass is 32.1. The molecule has 1 saturated heterocycles. The summed E-state index contributed by atoms with van der Waals surface area (Å²) >= 11 is 4.18. The fourth-order valence-electron chi connectivity index (χ4n) is 1.48. The summed E-state index contributed by atoms with van der Waals surface area (Å²) in [7, 11) is 0. The van der Waals surface area contributed by atoms with E-state index < -0.39 is 6.09 Å². The molecule has 0 unspecified atom stereocenters. The Kier molecular flexibility index (Phi) is 4.50. The normalized spacial score (nSPS) is 20.9. The maximum atomic E-state index is 10.6. The molecule has 0 spiro atoms. The lowest BCUT2D eigenvalue weighted by Crippen LogP contribution is -2.49. The summed E-state index contributed by atoms with van der Waals surface area (Å²) in [6.45, 7) is 3.31. The van der Waals surface area contributed by atoms with E-state index in [9.17, 15) is 4.79 Å². The van der Waals surface area contributed by atoms with E-state index in [2.05, 4.69) is 17.5 Å². The zero-order chi connectivity index (χ0) is 10.6. The Hall–Kier alpha value is -0.460. The van der Waals surface area contributed by atoms with E-state index in [0.717, 1.165) is 13.1 Å². The first-order valence-corrected chi connectivity index (χ1v) is 5.14. The topological polar surface area (TPSA) is 64.0 Å². The van der Waals surface area contributed by atoms with Gasteiger partial charge in [-0.05, 0) is 0 Å². The van der Waals surface area contributed by atoms with Gasteiger partial charge in [-0.25, -0.2) is 4.79 Å². The third kappa shape index (κ3) is 3.36. The molecule has 0 aromatic carbocycles. The molecule has 1 fully saturated rings. The van der Waals surface area contributed by atoms with Crippen LogP contribution in [0.15, 0.2) is 0 Å². The Morgan fingerprint density at radius 2 is 1.93 bits per heavy atom. The minimum Gasteiger partial charge on any atom is -0.465 e. The van der Waals surface area contributed by atoms with Gasteiger partial charge in [0.2, 0.25) is 0 Å². The summed E-state index contributed by atoms with van der Waals surface area (Å²) in [6.07, 6.45) is -0.853. The summed E-state index contributed by atoms with van der Waals surface area (Å²) < 4.78 is 0. The maximum absolute atomic E-state index is 10.6. The molecule has 1 amide bonds. The highest BCUT2D eigenvalue weighted by Crippen LogP contribution is 2.05. The Morgan fingerprint density at radius 3 is 2.36 bits per heavy atom. The second-order valence-corrected chi connectivity index (χ2v) is 4.14. The van der Waals surface area contributed by atoms with Crippen molar-refractivity contribution in [3.05, 3.63) is 0 Å². The molecular weight excluding hydrogens is 204 g/mol.